The maximum Gasteiger partial charge on any atom is 0.329 e. The Kier molecular flexibility index (Phi) is 6.52. The number of hydrogen-bond donors (Lipinski definition) is 0. The van der Waals surface area contributed by atoms with Gasteiger partial charge in [-0.2, -0.15) is 0 Å². The summed E-state index contributed by atoms with van der Waals surface area (Å²) < 4.78 is 10.9. The highest BCUT2D eigenvalue weighted by atomic mass is 16.6. The second-order valence-corrected chi connectivity index (χ2v) is 5.73. The summed E-state index contributed by atoms with van der Waals surface area (Å²) in [6.45, 7) is 5.60. The van der Waals surface area contributed by atoms with Crippen molar-refractivity contribution >= 4 is 11.9 Å². The molecule has 2 aromatic carbocycles. The van der Waals surface area contributed by atoms with Gasteiger partial charge in [-0.3, -0.25) is 9.59 Å². The Morgan fingerprint density at radius 1 is 0.920 bits per heavy atom. The summed E-state index contributed by atoms with van der Waals surface area (Å²) in [6, 6.07) is 17.4. The van der Waals surface area contributed by atoms with Crippen LogP contribution in [-0.2, 0) is 9.59 Å². The zero-order valence-electron chi connectivity index (χ0n) is 14.3. The highest BCUT2D eigenvalue weighted by Gasteiger charge is 2.47. The molecule has 0 amide bonds. The first-order valence-electron chi connectivity index (χ1n) is 8.28. The van der Waals surface area contributed by atoms with Crippen LogP contribution in [0.25, 0.3) is 0 Å². The summed E-state index contributed by atoms with van der Waals surface area (Å²) in [5.41, 5.74) is -1.41. The maximum absolute atomic E-state index is 12.9. The summed E-state index contributed by atoms with van der Waals surface area (Å²) >= 11 is 0. The normalized spacial score (nSPS) is 10.8. The first kappa shape index (κ1) is 18.5. The second kappa shape index (κ2) is 8.83. The summed E-state index contributed by atoms with van der Waals surface area (Å²) in [5.74, 6) is -0.461. The van der Waals surface area contributed by atoms with E-state index in [4.69, 9.17) is 9.47 Å². The molecule has 2 rings (SSSR count). The van der Waals surface area contributed by atoms with Gasteiger partial charge in [-0.05, 0) is 37.1 Å². The van der Waals surface area contributed by atoms with E-state index in [-0.39, 0.29) is 6.42 Å². The first-order valence-corrected chi connectivity index (χ1v) is 8.28. The molecule has 0 saturated heterocycles. The Morgan fingerprint density at radius 2 is 1.36 bits per heavy atom. The standard InChI is InChI=1S/C21H22O4/c1-3-15-21(16-4-2,19(22)24-17-11-7-5-8-12-17)20(23)25-18-13-9-6-10-14-18/h3,5-14H,1,4,15-16H2,2H3. The van der Waals surface area contributed by atoms with Gasteiger partial charge in [0, 0.05) is 0 Å². The molecule has 4 nitrogen and oxygen atoms in total. The topological polar surface area (TPSA) is 52.6 Å². The lowest BCUT2D eigenvalue weighted by Gasteiger charge is -2.27. The van der Waals surface area contributed by atoms with Crippen molar-refractivity contribution in [2.75, 3.05) is 0 Å². The third-order valence-electron chi connectivity index (χ3n) is 3.86. The zero-order chi connectivity index (χ0) is 18.1. The number of benzene rings is 2. The molecule has 0 bridgehead atoms. The van der Waals surface area contributed by atoms with Crippen LogP contribution in [0.1, 0.15) is 26.2 Å². The van der Waals surface area contributed by atoms with E-state index >= 15 is 0 Å². The number of carbonyl (C=O) groups excluding carboxylic acids is 2. The SMILES string of the molecule is C=CCC(CCC)(C(=O)Oc1ccccc1)C(=O)Oc1ccccc1. The number of esters is 2. The minimum atomic E-state index is -1.41. The summed E-state index contributed by atoms with van der Waals surface area (Å²) in [4.78, 5) is 25.8. The van der Waals surface area contributed by atoms with Crippen LogP contribution >= 0.6 is 0 Å². The minimum absolute atomic E-state index is 0.151. The van der Waals surface area contributed by atoms with Crippen molar-refractivity contribution in [3.05, 3.63) is 73.3 Å². The Labute approximate surface area is 148 Å². The predicted molar refractivity (Wildman–Crippen MR) is 96.3 cm³/mol. The fraction of sp³-hybridized carbons (Fsp3) is 0.238. The lowest BCUT2D eigenvalue weighted by molar-refractivity contribution is -0.161. The van der Waals surface area contributed by atoms with Gasteiger partial charge in [0.1, 0.15) is 11.5 Å². The number of hydrogen-bond acceptors (Lipinski definition) is 4. The number of ether oxygens (including phenoxy) is 2. The van der Waals surface area contributed by atoms with E-state index in [0.29, 0.717) is 24.3 Å². The van der Waals surface area contributed by atoms with Crippen LogP contribution in [0.3, 0.4) is 0 Å². The Hall–Kier alpha value is -2.88. The van der Waals surface area contributed by atoms with Crippen LogP contribution in [0.2, 0.25) is 0 Å². The predicted octanol–water partition coefficient (Wildman–Crippen LogP) is 4.56. The molecule has 0 aliphatic carbocycles. The van der Waals surface area contributed by atoms with Crippen molar-refractivity contribution in [3.63, 3.8) is 0 Å². The molecule has 130 valence electrons. The smallest absolute Gasteiger partial charge is 0.329 e. The van der Waals surface area contributed by atoms with Crippen molar-refractivity contribution in [2.45, 2.75) is 26.2 Å². The van der Waals surface area contributed by atoms with Crippen molar-refractivity contribution in [3.8, 4) is 11.5 Å². The fourth-order valence-electron chi connectivity index (χ4n) is 2.62. The van der Waals surface area contributed by atoms with Gasteiger partial charge < -0.3 is 9.47 Å². The molecule has 0 aliphatic rings. The summed E-state index contributed by atoms with van der Waals surface area (Å²) in [6.07, 6.45) is 2.64. The van der Waals surface area contributed by atoms with Gasteiger partial charge >= 0.3 is 11.9 Å². The molecule has 0 spiro atoms. The number of allylic oxidation sites excluding steroid dienone is 1. The Morgan fingerprint density at radius 3 is 1.72 bits per heavy atom. The van der Waals surface area contributed by atoms with Crippen LogP contribution in [0.4, 0.5) is 0 Å². The van der Waals surface area contributed by atoms with E-state index in [1.165, 1.54) is 0 Å². The van der Waals surface area contributed by atoms with E-state index in [1.807, 2.05) is 19.1 Å². The number of para-hydroxylation sites is 2. The van der Waals surface area contributed by atoms with Crippen LogP contribution < -0.4 is 9.47 Å². The van der Waals surface area contributed by atoms with Crippen molar-refractivity contribution in [1.82, 2.24) is 0 Å². The van der Waals surface area contributed by atoms with Gasteiger partial charge in [0.2, 0.25) is 0 Å². The molecule has 0 radical (unpaired) electrons. The zero-order valence-corrected chi connectivity index (χ0v) is 14.3. The molecule has 0 unspecified atom stereocenters. The van der Waals surface area contributed by atoms with Gasteiger partial charge in [0.15, 0.2) is 5.41 Å². The van der Waals surface area contributed by atoms with E-state index in [2.05, 4.69) is 6.58 Å². The van der Waals surface area contributed by atoms with Gasteiger partial charge in [-0.1, -0.05) is 55.8 Å². The van der Waals surface area contributed by atoms with E-state index in [0.717, 1.165) is 0 Å². The largest absolute Gasteiger partial charge is 0.426 e. The summed E-state index contributed by atoms with van der Waals surface area (Å²) in [5, 5.41) is 0. The van der Waals surface area contributed by atoms with Gasteiger partial charge in [0.05, 0.1) is 0 Å². The Balaban J connectivity index is 2.29. The molecule has 0 saturated carbocycles. The van der Waals surface area contributed by atoms with Crippen LogP contribution in [0, 0.1) is 5.41 Å². The van der Waals surface area contributed by atoms with Gasteiger partial charge in [-0.15, -0.1) is 6.58 Å². The summed E-state index contributed by atoms with van der Waals surface area (Å²) in [7, 11) is 0. The molecular weight excluding hydrogens is 316 g/mol. The monoisotopic (exact) mass is 338 g/mol. The molecular formula is C21H22O4. The Bertz CT molecular complexity index is 654. The number of rotatable bonds is 8. The molecule has 0 heterocycles. The fourth-order valence-corrected chi connectivity index (χ4v) is 2.62. The molecule has 4 heteroatoms. The van der Waals surface area contributed by atoms with Crippen LogP contribution in [0.5, 0.6) is 11.5 Å². The minimum Gasteiger partial charge on any atom is -0.426 e. The molecule has 25 heavy (non-hydrogen) atoms. The average molecular weight is 338 g/mol. The molecule has 0 fully saturated rings. The van der Waals surface area contributed by atoms with E-state index < -0.39 is 17.4 Å². The van der Waals surface area contributed by atoms with Gasteiger partial charge in [0.25, 0.3) is 0 Å². The van der Waals surface area contributed by atoms with E-state index in [1.54, 1.807) is 54.6 Å². The second-order valence-electron chi connectivity index (χ2n) is 5.73. The molecule has 0 aliphatic heterocycles. The molecule has 0 N–H and O–H groups in total. The average Bonchev–Trinajstić information content (AvgIpc) is 2.63. The van der Waals surface area contributed by atoms with Crippen LogP contribution in [-0.4, -0.2) is 11.9 Å². The van der Waals surface area contributed by atoms with Crippen LogP contribution in [0.15, 0.2) is 73.3 Å². The quantitative estimate of drug-likeness (QED) is 0.306. The van der Waals surface area contributed by atoms with Crippen molar-refractivity contribution in [2.24, 2.45) is 5.41 Å². The molecule has 0 atom stereocenters. The lowest BCUT2D eigenvalue weighted by atomic mass is 9.80. The first-order chi connectivity index (χ1) is 12.1. The van der Waals surface area contributed by atoms with Gasteiger partial charge in [-0.25, -0.2) is 0 Å². The van der Waals surface area contributed by atoms with Crippen molar-refractivity contribution in [1.29, 1.82) is 0 Å². The highest BCUT2D eigenvalue weighted by Crippen LogP contribution is 2.33. The third kappa shape index (κ3) is 4.57. The molecule has 2 aromatic rings. The number of carbonyl (C=O) groups is 2. The maximum atomic E-state index is 12.9. The van der Waals surface area contributed by atoms with Crippen molar-refractivity contribution < 1.29 is 19.1 Å². The highest BCUT2D eigenvalue weighted by molar-refractivity contribution is 6.01. The molecule has 0 aromatic heterocycles. The lowest BCUT2D eigenvalue weighted by Crippen LogP contribution is -2.44. The van der Waals surface area contributed by atoms with E-state index in [9.17, 15) is 9.59 Å². The third-order valence-corrected chi connectivity index (χ3v) is 3.86.